The van der Waals surface area contributed by atoms with Crippen LogP contribution in [0.15, 0.2) is 65.2 Å². The number of hydrogen-bond acceptors (Lipinski definition) is 5. The topological polar surface area (TPSA) is 82.2 Å². The van der Waals surface area contributed by atoms with Gasteiger partial charge in [0, 0.05) is 12.6 Å². The van der Waals surface area contributed by atoms with E-state index in [0.29, 0.717) is 23.6 Å². The first-order valence-corrected chi connectivity index (χ1v) is 11.2. The number of benzene rings is 3. The van der Waals surface area contributed by atoms with Crippen molar-refractivity contribution in [1.29, 1.82) is 0 Å². The molecular formula is C27H26N4O3. The van der Waals surface area contributed by atoms with Crippen LogP contribution in [0.25, 0.3) is 21.8 Å². The second-order valence-corrected chi connectivity index (χ2v) is 8.49. The van der Waals surface area contributed by atoms with Gasteiger partial charge in [-0.3, -0.25) is 4.79 Å². The maximum absolute atomic E-state index is 13.0. The van der Waals surface area contributed by atoms with Crippen molar-refractivity contribution in [2.45, 2.75) is 33.4 Å². The fourth-order valence-electron chi connectivity index (χ4n) is 4.41. The smallest absolute Gasteiger partial charge is 0.257 e. The van der Waals surface area contributed by atoms with Gasteiger partial charge in [-0.1, -0.05) is 41.6 Å². The highest BCUT2D eigenvalue weighted by molar-refractivity contribution is 5.96. The predicted octanol–water partition coefficient (Wildman–Crippen LogP) is 5.34. The molecule has 2 heterocycles. The Labute approximate surface area is 197 Å². The lowest BCUT2D eigenvalue weighted by atomic mass is 10.1. The van der Waals surface area contributed by atoms with Gasteiger partial charge in [0.05, 0.1) is 29.9 Å². The van der Waals surface area contributed by atoms with E-state index in [1.54, 1.807) is 21.0 Å². The fraction of sp³-hybridized carbons (Fsp3) is 0.222. The summed E-state index contributed by atoms with van der Waals surface area (Å²) in [7, 11) is 1.65. The summed E-state index contributed by atoms with van der Waals surface area (Å²) in [4.78, 5) is 17.9. The van der Waals surface area contributed by atoms with Crippen LogP contribution in [0.1, 0.15) is 46.2 Å². The van der Waals surface area contributed by atoms with E-state index in [4.69, 9.17) is 14.2 Å². The van der Waals surface area contributed by atoms with Gasteiger partial charge in [0.1, 0.15) is 22.9 Å². The van der Waals surface area contributed by atoms with E-state index in [0.717, 1.165) is 28.2 Å². The lowest BCUT2D eigenvalue weighted by Gasteiger charge is -2.17. The molecule has 1 amide bonds. The van der Waals surface area contributed by atoms with Gasteiger partial charge < -0.3 is 19.1 Å². The minimum atomic E-state index is -0.347. The van der Waals surface area contributed by atoms with Crippen molar-refractivity contribution < 1.29 is 14.1 Å². The monoisotopic (exact) mass is 454 g/mol. The highest BCUT2D eigenvalue weighted by Gasteiger charge is 2.23. The Bertz CT molecular complexity index is 1500. The second kappa shape index (κ2) is 8.67. The molecule has 0 aliphatic rings. The number of ether oxygens (including phenoxy) is 1. The molecule has 0 fully saturated rings. The Hall–Kier alpha value is -4.13. The van der Waals surface area contributed by atoms with Gasteiger partial charge in [0.25, 0.3) is 5.91 Å². The van der Waals surface area contributed by atoms with E-state index in [1.165, 1.54) is 10.8 Å². The van der Waals surface area contributed by atoms with Crippen molar-refractivity contribution in [3.8, 4) is 5.75 Å². The molecule has 0 saturated carbocycles. The molecule has 5 aromatic rings. The number of amides is 1. The number of aryl methyl sites for hydroxylation is 2. The van der Waals surface area contributed by atoms with Gasteiger partial charge in [0.2, 0.25) is 0 Å². The van der Waals surface area contributed by atoms with Crippen molar-refractivity contribution in [2.75, 3.05) is 7.11 Å². The highest BCUT2D eigenvalue weighted by atomic mass is 16.5. The van der Waals surface area contributed by atoms with Crippen molar-refractivity contribution in [2.24, 2.45) is 0 Å². The molecule has 0 bridgehead atoms. The largest absolute Gasteiger partial charge is 0.497 e. The number of fused-ring (bicyclic) bond motifs is 2. The summed E-state index contributed by atoms with van der Waals surface area (Å²) in [6.07, 6.45) is 0. The van der Waals surface area contributed by atoms with E-state index in [-0.39, 0.29) is 11.9 Å². The summed E-state index contributed by atoms with van der Waals surface area (Å²) in [5.74, 6) is 1.78. The van der Waals surface area contributed by atoms with Crippen LogP contribution >= 0.6 is 0 Å². The number of carbonyl (C=O) groups is 1. The lowest BCUT2D eigenvalue weighted by Crippen LogP contribution is -2.29. The summed E-state index contributed by atoms with van der Waals surface area (Å²) < 4.78 is 12.8. The van der Waals surface area contributed by atoms with Gasteiger partial charge in [0.15, 0.2) is 0 Å². The number of methoxy groups -OCH3 is 1. The molecule has 7 heteroatoms. The van der Waals surface area contributed by atoms with Crippen LogP contribution in [-0.4, -0.2) is 27.7 Å². The summed E-state index contributed by atoms with van der Waals surface area (Å²) >= 11 is 0. The van der Waals surface area contributed by atoms with E-state index in [1.807, 2.05) is 37.3 Å². The molecule has 34 heavy (non-hydrogen) atoms. The van der Waals surface area contributed by atoms with Gasteiger partial charge in [-0.05, 0) is 55.3 Å². The fourth-order valence-corrected chi connectivity index (χ4v) is 4.41. The Morgan fingerprint density at radius 2 is 1.88 bits per heavy atom. The predicted molar refractivity (Wildman–Crippen MR) is 131 cm³/mol. The lowest BCUT2D eigenvalue weighted by molar-refractivity contribution is 0.0935. The summed E-state index contributed by atoms with van der Waals surface area (Å²) in [6.45, 7) is 6.04. The van der Waals surface area contributed by atoms with Crippen LogP contribution in [-0.2, 0) is 6.54 Å². The Morgan fingerprint density at radius 3 is 2.62 bits per heavy atom. The average molecular weight is 455 g/mol. The van der Waals surface area contributed by atoms with Gasteiger partial charge in [-0.25, -0.2) is 4.98 Å². The molecule has 1 N–H and O–H groups in total. The quantitative estimate of drug-likeness (QED) is 0.374. The van der Waals surface area contributed by atoms with E-state index in [2.05, 4.69) is 45.4 Å². The highest BCUT2D eigenvalue weighted by Crippen LogP contribution is 2.27. The third-order valence-electron chi connectivity index (χ3n) is 6.13. The van der Waals surface area contributed by atoms with Gasteiger partial charge in [-0.15, -0.1) is 0 Å². The standard InChI is InChI=1S/C27H26N4O3/c1-16-25(18(3)34-30-16)27(32)28-17(2)26-29-23-12-11-22(33-4)14-24(23)31(26)15-19-9-10-20-7-5-6-8-21(20)13-19/h5-14,17H,15H2,1-4H3,(H,28,32). The van der Waals surface area contributed by atoms with Crippen LogP contribution in [0.5, 0.6) is 5.75 Å². The van der Waals surface area contributed by atoms with E-state index in [9.17, 15) is 4.79 Å². The normalized spacial score (nSPS) is 12.2. The number of imidazole rings is 1. The molecular weight excluding hydrogens is 428 g/mol. The first kappa shape index (κ1) is 21.7. The molecule has 7 nitrogen and oxygen atoms in total. The van der Waals surface area contributed by atoms with Crippen LogP contribution in [0.2, 0.25) is 0 Å². The first-order valence-electron chi connectivity index (χ1n) is 11.2. The molecule has 1 atom stereocenters. The molecule has 2 aromatic heterocycles. The third-order valence-corrected chi connectivity index (χ3v) is 6.13. The zero-order chi connectivity index (χ0) is 23.8. The summed E-state index contributed by atoms with van der Waals surface area (Å²) in [5, 5.41) is 9.35. The second-order valence-electron chi connectivity index (χ2n) is 8.49. The first-order chi connectivity index (χ1) is 16.4. The summed E-state index contributed by atoms with van der Waals surface area (Å²) in [5.41, 5.74) is 3.96. The number of hydrogen-bond donors (Lipinski definition) is 1. The van der Waals surface area contributed by atoms with Crippen LogP contribution in [0.3, 0.4) is 0 Å². The van der Waals surface area contributed by atoms with Crippen molar-refractivity contribution >= 4 is 27.7 Å². The SMILES string of the molecule is COc1ccc2nc(C(C)NC(=O)c3c(C)noc3C)n(Cc3ccc4ccccc4c3)c2c1. The average Bonchev–Trinajstić information content (AvgIpc) is 3.37. The number of aromatic nitrogens is 3. The van der Waals surface area contributed by atoms with Crippen LogP contribution in [0, 0.1) is 13.8 Å². The molecule has 0 aliphatic heterocycles. The van der Waals surface area contributed by atoms with Crippen molar-refractivity contribution in [1.82, 2.24) is 20.0 Å². The number of nitrogens with one attached hydrogen (secondary N) is 1. The van der Waals surface area contributed by atoms with Crippen LogP contribution in [0.4, 0.5) is 0 Å². The summed E-state index contributed by atoms with van der Waals surface area (Å²) in [6, 6.07) is 20.2. The molecule has 0 saturated heterocycles. The molecule has 0 radical (unpaired) electrons. The van der Waals surface area contributed by atoms with Gasteiger partial charge >= 0.3 is 0 Å². The number of nitrogens with zero attached hydrogens (tertiary/aromatic N) is 3. The van der Waals surface area contributed by atoms with E-state index < -0.39 is 0 Å². The molecule has 172 valence electrons. The number of carbonyl (C=O) groups excluding carboxylic acids is 1. The number of rotatable bonds is 6. The molecule has 0 spiro atoms. The Balaban J connectivity index is 1.55. The molecule has 3 aromatic carbocycles. The molecule has 5 rings (SSSR count). The van der Waals surface area contributed by atoms with Gasteiger partial charge in [-0.2, -0.15) is 0 Å². The maximum atomic E-state index is 13.0. The van der Waals surface area contributed by atoms with Crippen LogP contribution < -0.4 is 10.1 Å². The minimum absolute atomic E-state index is 0.231. The Kier molecular flexibility index (Phi) is 5.53. The molecule has 1 unspecified atom stereocenters. The van der Waals surface area contributed by atoms with Crippen molar-refractivity contribution in [3.63, 3.8) is 0 Å². The van der Waals surface area contributed by atoms with Crippen molar-refractivity contribution in [3.05, 3.63) is 89.1 Å². The zero-order valence-electron chi connectivity index (χ0n) is 19.6. The molecule has 0 aliphatic carbocycles. The zero-order valence-corrected chi connectivity index (χ0v) is 19.6. The van der Waals surface area contributed by atoms with E-state index >= 15 is 0 Å². The minimum Gasteiger partial charge on any atom is -0.497 e. The third kappa shape index (κ3) is 3.90. The Morgan fingerprint density at radius 1 is 1.09 bits per heavy atom. The maximum Gasteiger partial charge on any atom is 0.257 e.